The Morgan fingerprint density at radius 1 is 1.39 bits per heavy atom. The summed E-state index contributed by atoms with van der Waals surface area (Å²) < 4.78 is 10.1. The summed E-state index contributed by atoms with van der Waals surface area (Å²) in [5.74, 6) is -1.25. The van der Waals surface area contributed by atoms with Crippen molar-refractivity contribution in [3.05, 3.63) is 0 Å². The Labute approximate surface area is 103 Å². The molecule has 1 unspecified atom stereocenters. The van der Waals surface area contributed by atoms with Gasteiger partial charge in [-0.15, -0.1) is 0 Å². The van der Waals surface area contributed by atoms with E-state index in [1.807, 2.05) is 0 Å². The summed E-state index contributed by atoms with van der Waals surface area (Å²) in [5.41, 5.74) is 10.8. The van der Waals surface area contributed by atoms with Crippen molar-refractivity contribution in [2.75, 3.05) is 13.2 Å². The predicted octanol–water partition coefficient (Wildman–Crippen LogP) is -3.82. The van der Waals surface area contributed by atoms with E-state index in [0.717, 1.165) is 0 Å². The smallest absolute Gasteiger partial charge is 0.322 e. The molecule has 1 heterocycles. The van der Waals surface area contributed by atoms with Crippen LogP contribution in [-0.4, -0.2) is 76.3 Å². The molecule has 106 valence electrons. The maximum atomic E-state index is 10.5. The van der Waals surface area contributed by atoms with Gasteiger partial charge in [-0.2, -0.15) is 0 Å². The lowest BCUT2D eigenvalue weighted by Crippen LogP contribution is -2.62. The lowest BCUT2D eigenvalue weighted by Gasteiger charge is -2.40. The Morgan fingerprint density at radius 3 is 2.50 bits per heavy atom. The van der Waals surface area contributed by atoms with Gasteiger partial charge in [0.1, 0.15) is 24.4 Å². The van der Waals surface area contributed by atoms with E-state index in [4.69, 9.17) is 31.2 Å². The van der Waals surface area contributed by atoms with Gasteiger partial charge in [0.25, 0.3) is 0 Å². The van der Waals surface area contributed by atoms with Gasteiger partial charge in [-0.25, -0.2) is 0 Å². The standard InChI is InChI=1S/C9H18N2O7/c10-3(8(15)16)2-17-9-5(11)7(14)6(13)4(1-12)18-9/h3-7,9,12-14H,1-2,10-11H2,(H,15,16)/t3-,4+,5-,6+,7+,9?/m0/s1. The van der Waals surface area contributed by atoms with Crippen molar-refractivity contribution in [1.82, 2.24) is 0 Å². The topological polar surface area (TPSA) is 168 Å². The van der Waals surface area contributed by atoms with Crippen LogP contribution < -0.4 is 11.5 Å². The number of carboxylic acids is 1. The van der Waals surface area contributed by atoms with Crippen LogP contribution in [0.5, 0.6) is 0 Å². The number of rotatable bonds is 5. The molecule has 1 rings (SSSR count). The molecule has 9 nitrogen and oxygen atoms in total. The minimum Gasteiger partial charge on any atom is -0.480 e. The first-order valence-electron chi connectivity index (χ1n) is 5.36. The first-order chi connectivity index (χ1) is 8.38. The van der Waals surface area contributed by atoms with Crippen molar-refractivity contribution in [3.8, 4) is 0 Å². The molecule has 8 N–H and O–H groups in total. The van der Waals surface area contributed by atoms with E-state index in [0.29, 0.717) is 0 Å². The van der Waals surface area contributed by atoms with E-state index in [1.54, 1.807) is 0 Å². The Kier molecular flexibility index (Phi) is 5.41. The Bertz CT molecular complexity index is 288. The van der Waals surface area contributed by atoms with Crippen molar-refractivity contribution < 1.29 is 34.7 Å². The van der Waals surface area contributed by atoms with Gasteiger partial charge in [0.2, 0.25) is 0 Å². The highest BCUT2D eigenvalue weighted by Gasteiger charge is 2.43. The molecule has 0 aromatic carbocycles. The van der Waals surface area contributed by atoms with Gasteiger partial charge in [0.15, 0.2) is 6.29 Å². The molecular weight excluding hydrogens is 248 g/mol. The number of nitrogens with two attached hydrogens (primary N) is 2. The second-order valence-corrected chi connectivity index (χ2v) is 4.06. The van der Waals surface area contributed by atoms with Crippen molar-refractivity contribution in [3.63, 3.8) is 0 Å². The molecule has 0 saturated carbocycles. The fourth-order valence-electron chi connectivity index (χ4n) is 1.52. The lowest BCUT2D eigenvalue weighted by atomic mass is 9.98. The van der Waals surface area contributed by atoms with E-state index in [9.17, 15) is 15.0 Å². The molecule has 0 amide bonds. The van der Waals surface area contributed by atoms with Gasteiger partial charge in [-0.3, -0.25) is 4.79 Å². The molecule has 0 aliphatic carbocycles. The van der Waals surface area contributed by atoms with E-state index < -0.39 is 49.3 Å². The highest BCUT2D eigenvalue weighted by molar-refractivity contribution is 5.73. The van der Waals surface area contributed by atoms with Crippen LogP contribution >= 0.6 is 0 Å². The van der Waals surface area contributed by atoms with Crippen LogP contribution in [0.2, 0.25) is 0 Å². The van der Waals surface area contributed by atoms with Crippen LogP contribution in [0.3, 0.4) is 0 Å². The molecule has 6 atom stereocenters. The zero-order valence-corrected chi connectivity index (χ0v) is 9.55. The SMILES string of the molecule is N[C@@H]1C(OC[C@H](N)C(=O)O)O[C@H](CO)[C@@H](O)[C@@H]1O. The lowest BCUT2D eigenvalue weighted by molar-refractivity contribution is -0.266. The maximum absolute atomic E-state index is 10.5. The first kappa shape index (κ1) is 15.2. The minimum absolute atomic E-state index is 0.366. The summed E-state index contributed by atoms with van der Waals surface area (Å²) in [6, 6.07) is -2.32. The van der Waals surface area contributed by atoms with Gasteiger partial charge in [-0.05, 0) is 0 Å². The second kappa shape index (κ2) is 6.38. The molecule has 0 aromatic rings. The molecule has 0 spiro atoms. The van der Waals surface area contributed by atoms with Gasteiger partial charge in [0, 0.05) is 0 Å². The molecule has 0 bridgehead atoms. The fourth-order valence-corrected chi connectivity index (χ4v) is 1.52. The molecular formula is C9H18N2O7. The number of aliphatic hydroxyl groups excluding tert-OH is 3. The third-order valence-corrected chi connectivity index (χ3v) is 2.69. The van der Waals surface area contributed by atoms with Gasteiger partial charge < -0.3 is 41.4 Å². The second-order valence-electron chi connectivity index (χ2n) is 4.06. The zero-order valence-electron chi connectivity index (χ0n) is 9.55. The van der Waals surface area contributed by atoms with Gasteiger partial charge >= 0.3 is 5.97 Å². The zero-order chi connectivity index (χ0) is 13.9. The summed E-state index contributed by atoms with van der Waals surface area (Å²) in [7, 11) is 0. The summed E-state index contributed by atoms with van der Waals surface area (Å²) in [6.45, 7) is -0.898. The molecule has 1 aliphatic heterocycles. The Balaban J connectivity index is 2.56. The molecule has 1 saturated heterocycles. The predicted molar refractivity (Wildman–Crippen MR) is 57.3 cm³/mol. The quantitative estimate of drug-likeness (QED) is 0.292. The normalized spacial score (nSPS) is 38.4. The largest absolute Gasteiger partial charge is 0.480 e. The van der Waals surface area contributed by atoms with Crippen LogP contribution in [0.1, 0.15) is 0 Å². The Hall–Kier alpha value is -0.810. The van der Waals surface area contributed by atoms with Crippen LogP contribution in [0.25, 0.3) is 0 Å². The minimum atomic E-state index is -1.35. The summed E-state index contributed by atoms with van der Waals surface area (Å²) in [6.07, 6.45) is -4.88. The van der Waals surface area contributed by atoms with Crippen molar-refractivity contribution in [2.45, 2.75) is 36.7 Å². The molecule has 0 radical (unpaired) electrons. The van der Waals surface area contributed by atoms with Crippen LogP contribution in [0, 0.1) is 0 Å². The maximum Gasteiger partial charge on any atom is 0.322 e. The van der Waals surface area contributed by atoms with E-state index in [1.165, 1.54) is 0 Å². The molecule has 0 aromatic heterocycles. The summed E-state index contributed by atoms with van der Waals surface area (Å²) in [4.78, 5) is 10.5. The molecule has 1 fully saturated rings. The third-order valence-electron chi connectivity index (χ3n) is 2.69. The monoisotopic (exact) mass is 266 g/mol. The number of hydrogen-bond acceptors (Lipinski definition) is 8. The number of ether oxygens (including phenoxy) is 2. The Morgan fingerprint density at radius 2 is 2.00 bits per heavy atom. The van der Waals surface area contributed by atoms with E-state index >= 15 is 0 Å². The average Bonchev–Trinajstić information content (AvgIpc) is 2.34. The van der Waals surface area contributed by atoms with Crippen LogP contribution in [-0.2, 0) is 14.3 Å². The highest BCUT2D eigenvalue weighted by atomic mass is 16.7. The first-order valence-corrected chi connectivity index (χ1v) is 5.36. The number of hydrogen-bond donors (Lipinski definition) is 6. The number of aliphatic hydroxyl groups is 3. The van der Waals surface area contributed by atoms with E-state index in [-0.39, 0.29) is 6.61 Å². The number of carboxylic acid groups (broad SMARTS) is 1. The van der Waals surface area contributed by atoms with Gasteiger partial charge in [-0.1, -0.05) is 0 Å². The third kappa shape index (κ3) is 3.36. The van der Waals surface area contributed by atoms with E-state index in [2.05, 4.69) is 0 Å². The molecule has 9 heteroatoms. The molecule has 18 heavy (non-hydrogen) atoms. The number of aliphatic carboxylic acids is 1. The fraction of sp³-hybridized carbons (Fsp3) is 0.889. The highest BCUT2D eigenvalue weighted by Crippen LogP contribution is 2.20. The number of carbonyl (C=O) groups is 1. The average molecular weight is 266 g/mol. The van der Waals surface area contributed by atoms with Gasteiger partial charge in [0.05, 0.1) is 19.3 Å². The summed E-state index contributed by atoms with van der Waals surface area (Å²) >= 11 is 0. The van der Waals surface area contributed by atoms with Crippen LogP contribution in [0.4, 0.5) is 0 Å². The van der Waals surface area contributed by atoms with Crippen molar-refractivity contribution >= 4 is 5.97 Å². The van der Waals surface area contributed by atoms with Crippen molar-refractivity contribution in [2.24, 2.45) is 11.5 Å². The van der Waals surface area contributed by atoms with Crippen molar-refractivity contribution in [1.29, 1.82) is 0 Å². The summed E-state index contributed by atoms with van der Waals surface area (Å²) in [5, 5.41) is 36.6. The molecule has 1 aliphatic rings. The van der Waals surface area contributed by atoms with Crippen LogP contribution in [0.15, 0.2) is 0 Å².